The standard InChI is InChI=1S/C20H39N3/c1-16-10-17(8-9-21(16)11-18(2,3)4)22-12-20(13-22)14-23(15-20)19(5,6)7/h16-17H,8-15H2,1-7H3. The molecule has 3 fully saturated rings. The first-order valence-corrected chi connectivity index (χ1v) is 9.71. The van der Waals surface area contributed by atoms with Gasteiger partial charge in [0.05, 0.1) is 0 Å². The van der Waals surface area contributed by atoms with Gasteiger partial charge in [-0.2, -0.15) is 0 Å². The quantitative estimate of drug-likeness (QED) is 0.772. The maximum absolute atomic E-state index is 2.80. The number of likely N-dealkylation sites (tertiary alicyclic amines) is 3. The Morgan fingerprint density at radius 1 is 0.957 bits per heavy atom. The number of hydrogen-bond acceptors (Lipinski definition) is 3. The van der Waals surface area contributed by atoms with E-state index >= 15 is 0 Å². The molecule has 3 nitrogen and oxygen atoms in total. The second-order valence-electron chi connectivity index (χ2n) is 11.0. The van der Waals surface area contributed by atoms with Crippen molar-refractivity contribution in [1.82, 2.24) is 14.7 Å². The smallest absolute Gasteiger partial charge is 0.0212 e. The van der Waals surface area contributed by atoms with Crippen molar-refractivity contribution in [3.8, 4) is 0 Å². The van der Waals surface area contributed by atoms with Crippen LogP contribution in [0.1, 0.15) is 61.3 Å². The minimum atomic E-state index is 0.360. The second kappa shape index (κ2) is 5.71. The zero-order chi connectivity index (χ0) is 17.0. The van der Waals surface area contributed by atoms with Gasteiger partial charge in [0.25, 0.3) is 0 Å². The third-order valence-corrected chi connectivity index (χ3v) is 6.26. The molecule has 3 aliphatic heterocycles. The van der Waals surface area contributed by atoms with Crippen LogP contribution in [0.15, 0.2) is 0 Å². The van der Waals surface area contributed by atoms with E-state index < -0.39 is 0 Å². The van der Waals surface area contributed by atoms with Gasteiger partial charge in [-0.3, -0.25) is 9.80 Å². The topological polar surface area (TPSA) is 9.72 Å². The van der Waals surface area contributed by atoms with Crippen molar-refractivity contribution in [2.75, 3.05) is 39.3 Å². The van der Waals surface area contributed by atoms with Crippen LogP contribution in [0.2, 0.25) is 0 Å². The molecule has 2 unspecified atom stereocenters. The van der Waals surface area contributed by atoms with Crippen LogP contribution in [0.5, 0.6) is 0 Å². The van der Waals surface area contributed by atoms with Crippen LogP contribution >= 0.6 is 0 Å². The third kappa shape index (κ3) is 3.77. The van der Waals surface area contributed by atoms with E-state index in [9.17, 15) is 0 Å². The van der Waals surface area contributed by atoms with Crippen molar-refractivity contribution in [1.29, 1.82) is 0 Å². The van der Waals surface area contributed by atoms with E-state index in [1.165, 1.54) is 52.1 Å². The summed E-state index contributed by atoms with van der Waals surface area (Å²) in [5.41, 5.74) is 1.43. The van der Waals surface area contributed by atoms with Crippen molar-refractivity contribution < 1.29 is 0 Å². The summed E-state index contributed by atoms with van der Waals surface area (Å²) < 4.78 is 0. The van der Waals surface area contributed by atoms with Crippen molar-refractivity contribution >= 4 is 0 Å². The lowest BCUT2D eigenvalue weighted by atomic mass is 9.69. The summed E-state index contributed by atoms with van der Waals surface area (Å²) in [7, 11) is 0. The molecule has 0 aliphatic carbocycles. The Labute approximate surface area is 144 Å². The average molecular weight is 322 g/mol. The van der Waals surface area contributed by atoms with Gasteiger partial charge in [0.15, 0.2) is 0 Å². The van der Waals surface area contributed by atoms with Crippen LogP contribution in [0.4, 0.5) is 0 Å². The Balaban J connectivity index is 1.44. The normalized spacial score (nSPS) is 33.5. The zero-order valence-corrected chi connectivity index (χ0v) is 16.7. The van der Waals surface area contributed by atoms with Crippen LogP contribution in [0.3, 0.4) is 0 Å². The molecule has 0 N–H and O–H groups in total. The number of piperidine rings is 1. The molecule has 2 atom stereocenters. The van der Waals surface area contributed by atoms with Gasteiger partial charge in [0, 0.05) is 55.8 Å². The molecule has 3 heteroatoms. The van der Waals surface area contributed by atoms with Crippen LogP contribution in [0.25, 0.3) is 0 Å². The van der Waals surface area contributed by atoms with Crippen LogP contribution in [-0.4, -0.2) is 71.6 Å². The van der Waals surface area contributed by atoms with Gasteiger partial charge < -0.3 is 4.90 Å². The lowest BCUT2D eigenvalue weighted by Gasteiger charge is -2.65. The highest BCUT2D eigenvalue weighted by Crippen LogP contribution is 2.44. The Morgan fingerprint density at radius 3 is 2.04 bits per heavy atom. The third-order valence-electron chi connectivity index (χ3n) is 6.26. The largest absolute Gasteiger partial charge is 0.300 e. The molecule has 0 bridgehead atoms. The molecule has 3 saturated heterocycles. The van der Waals surface area contributed by atoms with Gasteiger partial charge in [-0.15, -0.1) is 0 Å². The first-order valence-electron chi connectivity index (χ1n) is 9.71. The molecule has 0 saturated carbocycles. The minimum Gasteiger partial charge on any atom is -0.300 e. The van der Waals surface area contributed by atoms with Gasteiger partial charge in [-0.1, -0.05) is 20.8 Å². The van der Waals surface area contributed by atoms with Gasteiger partial charge in [0.2, 0.25) is 0 Å². The molecule has 23 heavy (non-hydrogen) atoms. The Hall–Kier alpha value is -0.120. The van der Waals surface area contributed by atoms with E-state index in [-0.39, 0.29) is 0 Å². The molecule has 3 rings (SSSR count). The number of hydrogen-bond donors (Lipinski definition) is 0. The lowest BCUT2D eigenvalue weighted by molar-refractivity contribution is -0.162. The molecule has 0 radical (unpaired) electrons. The van der Waals surface area contributed by atoms with E-state index in [1.54, 1.807) is 0 Å². The molecule has 0 aromatic rings. The van der Waals surface area contributed by atoms with Gasteiger partial charge in [0.1, 0.15) is 0 Å². The molecular weight excluding hydrogens is 282 g/mol. The predicted molar refractivity (Wildman–Crippen MR) is 98.8 cm³/mol. The summed E-state index contributed by atoms with van der Waals surface area (Å²) in [6.07, 6.45) is 2.74. The first kappa shape index (κ1) is 17.7. The van der Waals surface area contributed by atoms with Crippen molar-refractivity contribution in [3.63, 3.8) is 0 Å². The summed E-state index contributed by atoms with van der Waals surface area (Å²) >= 11 is 0. The van der Waals surface area contributed by atoms with Gasteiger partial charge >= 0.3 is 0 Å². The van der Waals surface area contributed by atoms with E-state index in [1.807, 2.05) is 0 Å². The summed E-state index contributed by atoms with van der Waals surface area (Å²) in [6, 6.07) is 1.59. The van der Waals surface area contributed by atoms with Crippen molar-refractivity contribution in [2.45, 2.75) is 78.9 Å². The molecule has 0 aromatic carbocycles. The molecular formula is C20H39N3. The molecule has 0 aromatic heterocycles. The first-order chi connectivity index (χ1) is 10.5. The van der Waals surface area contributed by atoms with Crippen LogP contribution < -0.4 is 0 Å². The Bertz CT molecular complexity index is 417. The highest BCUT2D eigenvalue weighted by atomic mass is 15.4. The van der Waals surface area contributed by atoms with Crippen LogP contribution in [0, 0.1) is 10.8 Å². The summed E-state index contributed by atoms with van der Waals surface area (Å²) in [4.78, 5) is 8.17. The molecule has 3 aliphatic rings. The summed E-state index contributed by atoms with van der Waals surface area (Å²) in [5, 5.41) is 0. The fourth-order valence-electron chi connectivity index (χ4n) is 4.88. The molecule has 1 spiro atoms. The van der Waals surface area contributed by atoms with Gasteiger partial charge in [-0.25, -0.2) is 0 Å². The second-order valence-corrected chi connectivity index (χ2v) is 11.0. The van der Waals surface area contributed by atoms with E-state index in [0.29, 0.717) is 16.4 Å². The summed E-state index contributed by atoms with van der Waals surface area (Å²) in [6.45, 7) is 24.5. The number of nitrogens with zero attached hydrogens (tertiary/aromatic N) is 3. The zero-order valence-electron chi connectivity index (χ0n) is 16.7. The van der Waals surface area contributed by atoms with E-state index in [0.717, 1.165) is 12.1 Å². The molecule has 134 valence electrons. The van der Waals surface area contributed by atoms with Crippen molar-refractivity contribution in [3.05, 3.63) is 0 Å². The Kier molecular flexibility index (Phi) is 4.39. The fourth-order valence-corrected chi connectivity index (χ4v) is 4.88. The average Bonchev–Trinajstić information content (AvgIpc) is 2.25. The molecule has 3 heterocycles. The fraction of sp³-hybridized carbons (Fsp3) is 1.00. The summed E-state index contributed by atoms with van der Waals surface area (Å²) in [5.74, 6) is 0. The highest BCUT2D eigenvalue weighted by molar-refractivity contribution is 5.09. The highest BCUT2D eigenvalue weighted by Gasteiger charge is 2.55. The maximum Gasteiger partial charge on any atom is 0.0212 e. The van der Waals surface area contributed by atoms with Gasteiger partial charge in [-0.05, 0) is 52.5 Å². The lowest BCUT2D eigenvalue weighted by Crippen LogP contribution is -2.76. The minimum absolute atomic E-state index is 0.360. The number of rotatable bonds is 2. The maximum atomic E-state index is 2.80. The molecule has 0 amide bonds. The van der Waals surface area contributed by atoms with E-state index in [2.05, 4.69) is 63.2 Å². The van der Waals surface area contributed by atoms with Crippen LogP contribution in [-0.2, 0) is 0 Å². The SMILES string of the molecule is CC1CC(N2CC3(C2)CN(C(C)(C)C)C3)CCN1CC(C)(C)C. The Morgan fingerprint density at radius 2 is 1.57 bits per heavy atom. The van der Waals surface area contributed by atoms with Crippen molar-refractivity contribution in [2.24, 2.45) is 10.8 Å². The monoisotopic (exact) mass is 321 g/mol. The predicted octanol–water partition coefficient (Wildman–Crippen LogP) is 3.30. The van der Waals surface area contributed by atoms with E-state index in [4.69, 9.17) is 0 Å².